The number of carbonyl (C=O) groups is 1. The highest BCUT2D eigenvalue weighted by Gasteiger charge is 2.21. The molecule has 138 valence electrons. The highest BCUT2D eigenvalue weighted by Crippen LogP contribution is 2.18. The van der Waals surface area contributed by atoms with E-state index in [1.54, 1.807) is 4.90 Å². The van der Waals surface area contributed by atoms with Gasteiger partial charge in [-0.1, -0.05) is 31.2 Å². The van der Waals surface area contributed by atoms with Crippen LogP contribution >= 0.6 is 0 Å². The summed E-state index contributed by atoms with van der Waals surface area (Å²) in [7, 11) is 0. The summed E-state index contributed by atoms with van der Waals surface area (Å²) in [6.07, 6.45) is 3.86. The number of aliphatic hydroxyl groups is 1. The van der Waals surface area contributed by atoms with Crippen molar-refractivity contribution >= 4 is 6.03 Å². The van der Waals surface area contributed by atoms with Gasteiger partial charge in [0.1, 0.15) is 0 Å². The third-order valence-electron chi connectivity index (χ3n) is 5.40. The molecule has 2 saturated heterocycles. The molecule has 25 heavy (non-hydrogen) atoms. The lowest BCUT2D eigenvalue weighted by molar-refractivity contribution is 0.0842. The molecule has 3 rings (SSSR count). The van der Waals surface area contributed by atoms with Crippen LogP contribution in [-0.4, -0.2) is 53.2 Å². The van der Waals surface area contributed by atoms with E-state index in [0.29, 0.717) is 13.1 Å². The van der Waals surface area contributed by atoms with E-state index >= 15 is 0 Å². The van der Waals surface area contributed by atoms with Crippen molar-refractivity contribution in [2.75, 3.05) is 26.2 Å². The van der Waals surface area contributed by atoms with Crippen LogP contribution in [0.25, 0.3) is 0 Å². The molecular weight excluding hydrogens is 314 g/mol. The summed E-state index contributed by atoms with van der Waals surface area (Å²) < 4.78 is 0. The molecule has 2 amide bonds. The van der Waals surface area contributed by atoms with Gasteiger partial charge in [0, 0.05) is 26.2 Å². The first-order valence-electron chi connectivity index (χ1n) is 9.61. The molecule has 1 unspecified atom stereocenters. The van der Waals surface area contributed by atoms with E-state index in [4.69, 9.17) is 0 Å². The molecule has 2 heterocycles. The van der Waals surface area contributed by atoms with E-state index in [-0.39, 0.29) is 12.1 Å². The lowest BCUT2D eigenvalue weighted by Crippen LogP contribution is -2.46. The number of urea groups is 1. The van der Waals surface area contributed by atoms with Crippen LogP contribution in [0.4, 0.5) is 4.79 Å². The zero-order chi connectivity index (χ0) is 17.6. The zero-order valence-electron chi connectivity index (χ0n) is 15.3. The Hall–Kier alpha value is -1.59. The summed E-state index contributed by atoms with van der Waals surface area (Å²) in [6.45, 7) is 7.40. The third-order valence-corrected chi connectivity index (χ3v) is 5.40. The van der Waals surface area contributed by atoms with Crippen LogP contribution in [0.2, 0.25) is 0 Å². The number of benzene rings is 1. The van der Waals surface area contributed by atoms with Crippen LogP contribution < -0.4 is 5.32 Å². The molecule has 1 aromatic carbocycles. The number of nitrogens with one attached hydrogen (secondary N) is 1. The molecular formula is C20H31N3O2. The molecule has 0 spiro atoms. The van der Waals surface area contributed by atoms with Gasteiger partial charge in [0.2, 0.25) is 0 Å². The van der Waals surface area contributed by atoms with E-state index in [1.807, 2.05) is 0 Å². The first-order valence-corrected chi connectivity index (χ1v) is 9.61. The van der Waals surface area contributed by atoms with Gasteiger partial charge in [0.15, 0.2) is 0 Å². The maximum absolute atomic E-state index is 12.2. The SMILES string of the molecule is CC1CCN(Cc2cccc(CNC(=O)N3CCCC(O)C3)c2)CC1. The van der Waals surface area contributed by atoms with Crippen LogP contribution in [0.3, 0.4) is 0 Å². The van der Waals surface area contributed by atoms with Gasteiger partial charge in [-0.05, 0) is 55.8 Å². The zero-order valence-corrected chi connectivity index (χ0v) is 15.3. The maximum Gasteiger partial charge on any atom is 0.317 e. The molecule has 1 atom stereocenters. The molecule has 0 bridgehead atoms. The average Bonchev–Trinajstić information content (AvgIpc) is 2.62. The van der Waals surface area contributed by atoms with Crippen molar-refractivity contribution in [2.45, 2.75) is 51.8 Å². The predicted octanol–water partition coefficient (Wildman–Crippen LogP) is 2.58. The Morgan fingerprint density at radius 2 is 1.96 bits per heavy atom. The molecule has 2 N–H and O–H groups in total. The van der Waals surface area contributed by atoms with E-state index in [9.17, 15) is 9.90 Å². The van der Waals surface area contributed by atoms with Gasteiger partial charge in [-0.3, -0.25) is 4.90 Å². The van der Waals surface area contributed by atoms with E-state index in [1.165, 1.54) is 31.5 Å². The largest absolute Gasteiger partial charge is 0.391 e. The van der Waals surface area contributed by atoms with Gasteiger partial charge in [-0.25, -0.2) is 4.79 Å². The second-order valence-corrected chi connectivity index (χ2v) is 7.68. The molecule has 2 aliphatic rings. The molecule has 5 nitrogen and oxygen atoms in total. The number of hydrogen-bond donors (Lipinski definition) is 2. The van der Waals surface area contributed by atoms with Gasteiger partial charge < -0.3 is 15.3 Å². The van der Waals surface area contributed by atoms with Crippen LogP contribution in [-0.2, 0) is 13.1 Å². The summed E-state index contributed by atoms with van der Waals surface area (Å²) in [5.74, 6) is 0.853. The van der Waals surface area contributed by atoms with Crippen LogP contribution in [0, 0.1) is 5.92 Å². The summed E-state index contributed by atoms with van der Waals surface area (Å²) in [4.78, 5) is 16.5. The van der Waals surface area contributed by atoms with Crippen molar-refractivity contribution in [1.82, 2.24) is 15.1 Å². The minimum Gasteiger partial charge on any atom is -0.391 e. The van der Waals surface area contributed by atoms with Crippen molar-refractivity contribution in [3.05, 3.63) is 35.4 Å². The summed E-state index contributed by atoms with van der Waals surface area (Å²) in [5, 5.41) is 12.7. The monoisotopic (exact) mass is 345 g/mol. The summed E-state index contributed by atoms with van der Waals surface area (Å²) >= 11 is 0. The van der Waals surface area contributed by atoms with E-state index < -0.39 is 0 Å². The Bertz CT molecular complexity index is 570. The van der Waals surface area contributed by atoms with E-state index in [2.05, 4.69) is 41.4 Å². The fraction of sp³-hybridized carbons (Fsp3) is 0.650. The number of hydrogen-bond acceptors (Lipinski definition) is 3. The Labute approximate surface area is 151 Å². The molecule has 0 radical (unpaired) electrons. The van der Waals surface area contributed by atoms with Crippen molar-refractivity contribution in [2.24, 2.45) is 5.92 Å². The smallest absolute Gasteiger partial charge is 0.317 e. The first kappa shape index (κ1) is 18.2. The predicted molar refractivity (Wildman–Crippen MR) is 99.2 cm³/mol. The van der Waals surface area contributed by atoms with Crippen LogP contribution in [0.5, 0.6) is 0 Å². The normalized spacial score (nSPS) is 22.8. The molecule has 2 fully saturated rings. The topological polar surface area (TPSA) is 55.8 Å². The minimum atomic E-state index is -0.380. The number of nitrogens with zero attached hydrogens (tertiary/aromatic N) is 2. The third kappa shape index (κ3) is 5.44. The van der Waals surface area contributed by atoms with Crippen molar-refractivity contribution in [1.29, 1.82) is 0 Å². The number of piperidine rings is 2. The Balaban J connectivity index is 1.48. The number of aliphatic hydroxyl groups excluding tert-OH is 1. The molecule has 0 saturated carbocycles. The minimum absolute atomic E-state index is 0.0748. The van der Waals surface area contributed by atoms with Crippen LogP contribution in [0.15, 0.2) is 24.3 Å². The van der Waals surface area contributed by atoms with Gasteiger partial charge in [-0.15, -0.1) is 0 Å². The second kappa shape index (κ2) is 8.68. The highest BCUT2D eigenvalue weighted by molar-refractivity contribution is 5.74. The van der Waals surface area contributed by atoms with Crippen LogP contribution in [0.1, 0.15) is 43.7 Å². The number of β-amino-alcohol motifs (C(OH)–C–C–N with tert-alkyl or cyclic N) is 1. The van der Waals surface area contributed by atoms with Crippen molar-refractivity contribution < 1.29 is 9.90 Å². The fourth-order valence-corrected chi connectivity index (χ4v) is 3.75. The van der Waals surface area contributed by atoms with Gasteiger partial charge in [0.25, 0.3) is 0 Å². The second-order valence-electron chi connectivity index (χ2n) is 7.68. The van der Waals surface area contributed by atoms with Gasteiger partial charge in [0.05, 0.1) is 6.10 Å². The molecule has 2 aliphatic heterocycles. The Kier molecular flexibility index (Phi) is 6.32. The van der Waals surface area contributed by atoms with Gasteiger partial charge >= 0.3 is 6.03 Å². The highest BCUT2D eigenvalue weighted by atomic mass is 16.3. The maximum atomic E-state index is 12.2. The number of likely N-dealkylation sites (tertiary alicyclic amines) is 2. The fourth-order valence-electron chi connectivity index (χ4n) is 3.75. The Morgan fingerprint density at radius 3 is 2.72 bits per heavy atom. The molecule has 5 heteroatoms. The molecule has 0 aromatic heterocycles. The first-order chi connectivity index (χ1) is 12.1. The average molecular weight is 345 g/mol. The van der Waals surface area contributed by atoms with Crippen molar-refractivity contribution in [3.8, 4) is 0 Å². The number of rotatable bonds is 4. The Morgan fingerprint density at radius 1 is 1.20 bits per heavy atom. The van der Waals surface area contributed by atoms with E-state index in [0.717, 1.165) is 37.4 Å². The summed E-state index contributed by atoms with van der Waals surface area (Å²) in [5.41, 5.74) is 2.45. The van der Waals surface area contributed by atoms with Crippen molar-refractivity contribution in [3.63, 3.8) is 0 Å². The number of amides is 2. The lowest BCUT2D eigenvalue weighted by atomic mass is 9.98. The molecule has 1 aromatic rings. The summed E-state index contributed by atoms with van der Waals surface area (Å²) in [6, 6.07) is 8.43. The standard InChI is InChI=1S/C20H31N3O2/c1-16-7-10-22(11-8-16)14-18-5-2-4-17(12-18)13-21-20(25)23-9-3-6-19(24)15-23/h2,4-5,12,16,19,24H,3,6-11,13-15H2,1H3,(H,21,25). The quantitative estimate of drug-likeness (QED) is 0.882. The van der Waals surface area contributed by atoms with Gasteiger partial charge in [-0.2, -0.15) is 0 Å². The number of carbonyl (C=O) groups excluding carboxylic acids is 1. The molecule has 0 aliphatic carbocycles. The lowest BCUT2D eigenvalue weighted by Gasteiger charge is -2.30.